The predicted molar refractivity (Wildman–Crippen MR) is 112 cm³/mol. The Morgan fingerprint density at radius 2 is 1.76 bits per heavy atom. The van der Waals surface area contributed by atoms with Crippen molar-refractivity contribution < 1.29 is 9.59 Å². The van der Waals surface area contributed by atoms with Gasteiger partial charge >= 0.3 is 0 Å². The van der Waals surface area contributed by atoms with Crippen molar-refractivity contribution in [3.63, 3.8) is 0 Å². The van der Waals surface area contributed by atoms with Crippen molar-refractivity contribution >= 4 is 17.5 Å². The van der Waals surface area contributed by atoms with Crippen LogP contribution in [0.2, 0.25) is 0 Å². The highest BCUT2D eigenvalue weighted by Crippen LogP contribution is 2.29. The maximum atomic E-state index is 13.0. The van der Waals surface area contributed by atoms with E-state index in [1.807, 2.05) is 60.7 Å². The highest BCUT2D eigenvalue weighted by atomic mass is 16.2. The smallest absolute Gasteiger partial charge is 0.239 e. The molecule has 2 aromatic carbocycles. The number of hydrogen-bond acceptors (Lipinski definition) is 3. The Bertz CT molecular complexity index is 989. The summed E-state index contributed by atoms with van der Waals surface area (Å²) in [5, 5.41) is 2.85. The molecule has 1 atom stereocenters. The highest BCUT2D eigenvalue weighted by molar-refractivity contribution is 6.09. The second-order valence-corrected chi connectivity index (χ2v) is 7.16. The maximum Gasteiger partial charge on any atom is 0.239 e. The fourth-order valence-electron chi connectivity index (χ4n) is 3.71. The van der Waals surface area contributed by atoms with Crippen LogP contribution in [0.25, 0.3) is 0 Å². The van der Waals surface area contributed by atoms with E-state index in [-0.39, 0.29) is 11.8 Å². The van der Waals surface area contributed by atoms with E-state index in [4.69, 9.17) is 0 Å². The molecule has 0 radical (unpaired) electrons. The number of hydrogen-bond donors (Lipinski definition) is 1. The van der Waals surface area contributed by atoms with E-state index in [2.05, 4.69) is 22.4 Å². The second kappa shape index (κ2) is 8.69. The fourth-order valence-corrected chi connectivity index (χ4v) is 3.71. The van der Waals surface area contributed by atoms with Crippen molar-refractivity contribution in [3.8, 4) is 0 Å². The molecule has 146 valence electrons. The van der Waals surface area contributed by atoms with Crippen LogP contribution in [0.1, 0.15) is 23.2 Å². The Labute approximate surface area is 170 Å². The molecule has 1 saturated heterocycles. The number of anilines is 1. The van der Waals surface area contributed by atoms with Crippen LogP contribution in [-0.2, 0) is 22.6 Å². The molecule has 0 spiro atoms. The number of nitrogens with zero attached hydrogens (tertiary/aromatic N) is 2. The van der Waals surface area contributed by atoms with E-state index in [9.17, 15) is 9.59 Å². The van der Waals surface area contributed by atoms with Gasteiger partial charge in [-0.2, -0.15) is 0 Å². The van der Waals surface area contributed by atoms with Crippen LogP contribution in [0.4, 0.5) is 5.69 Å². The van der Waals surface area contributed by atoms with Crippen LogP contribution in [0, 0.1) is 5.92 Å². The summed E-state index contributed by atoms with van der Waals surface area (Å²) >= 11 is 0. The first-order chi connectivity index (χ1) is 14.2. The Hall–Kier alpha value is -3.47. The molecular weight excluding hydrogens is 362 g/mol. The van der Waals surface area contributed by atoms with Gasteiger partial charge < -0.3 is 10.2 Å². The van der Waals surface area contributed by atoms with E-state index in [0.29, 0.717) is 19.5 Å². The minimum absolute atomic E-state index is 0.135. The minimum Gasteiger partial charge on any atom is -0.350 e. The van der Waals surface area contributed by atoms with Crippen molar-refractivity contribution in [2.75, 3.05) is 11.4 Å². The lowest BCUT2D eigenvalue weighted by Crippen LogP contribution is -2.37. The zero-order valence-electron chi connectivity index (χ0n) is 16.1. The summed E-state index contributed by atoms with van der Waals surface area (Å²) < 4.78 is 0. The molecule has 0 saturated carbocycles. The van der Waals surface area contributed by atoms with E-state index in [1.165, 1.54) is 5.56 Å². The molecule has 1 aromatic heterocycles. The monoisotopic (exact) mass is 385 g/mol. The number of benzene rings is 2. The Kier molecular flexibility index (Phi) is 5.66. The molecule has 0 unspecified atom stereocenters. The molecule has 3 aromatic rings. The molecule has 0 aliphatic carbocycles. The average molecular weight is 385 g/mol. The molecule has 2 heterocycles. The molecule has 1 N–H and O–H groups in total. The first-order valence-electron chi connectivity index (χ1n) is 9.83. The number of carbonyl (C=O) groups excluding carboxylic acids is 2. The summed E-state index contributed by atoms with van der Waals surface area (Å²) in [4.78, 5) is 31.6. The Morgan fingerprint density at radius 3 is 2.55 bits per heavy atom. The third-order valence-electron chi connectivity index (χ3n) is 5.21. The number of para-hydroxylation sites is 1. The number of pyridine rings is 1. The predicted octanol–water partition coefficient (Wildman–Crippen LogP) is 3.34. The quantitative estimate of drug-likeness (QED) is 0.662. The van der Waals surface area contributed by atoms with Crippen LogP contribution in [0.5, 0.6) is 0 Å². The molecule has 4 rings (SSSR count). The van der Waals surface area contributed by atoms with Gasteiger partial charge in [-0.1, -0.05) is 54.6 Å². The number of rotatable bonds is 6. The highest BCUT2D eigenvalue weighted by Gasteiger charge is 2.38. The van der Waals surface area contributed by atoms with Crippen molar-refractivity contribution in [2.45, 2.75) is 19.4 Å². The third-order valence-corrected chi connectivity index (χ3v) is 5.21. The van der Waals surface area contributed by atoms with Gasteiger partial charge in [-0.15, -0.1) is 0 Å². The topological polar surface area (TPSA) is 62.3 Å². The molecule has 0 bridgehead atoms. The molecule has 1 aliphatic heterocycles. The van der Waals surface area contributed by atoms with Crippen molar-refractivity contribution in [1.29, 1.82) is 0 Å². The minimum atomic E-state index is -0.650. The van der Waals surface area contributed by atoms with Crippen molar-refractivity contribution in [2.24, 2.45) is 5.92 Å². The van der Waals surface area contributed by atoms with Gasteiger partial charge in [0.25, 0.3) is 0 Å². The average Bonchev–Trinajstić information content (AvgIpc) is 3.15. The van der Waals surface area contributed by atoms with Crippen LogP contribution in [-0.4, -0.2) is 23.3 Å². The number of nitrogens with one attached hydrogen (secondary N) is 1. The van der Waals surface area contributed by atoms with Gasteiger partial charge in [0, 0.05) is 18.4 Å². The second-order valence-electron chi connectivity index (χ2n) is 7.16. The summed E-state index contributed by atoms with van der Waals surface area (Å²) in [5.41, 5.74) is 3.94. The lowest BCUT2D eigenvalue weighted by molar-refractivity contribution is -0.132. The molecule has 5 heteroatoms. The van der Waals surface area contributed by atoms with E-state index in [1.54, 1.807) is 11.1 Å². The lowest BCUT2D eigenvalue weighted by atomic mass is 10.0. The SMILES string of the molecule is O=C(NCc1ccccn1)[C@@H]1CCN(c2ccccc2Cc2ccccc2)C1=O. The van der Waals surface area contributed by atoms with Crippen LogP contribution in [0.15, 0.2) is 79.0 Å². The maximum absolute atomic E-state index is 13.0. The van der Waals surface area contributed by atoms with E-state index in [0.717, 1.165) is 23.4 Å². The van der Waals surface area contributed by atoms with Gasteiger partial charge in [0.05, 0.1) is 12.2 Å². The summed E-state index contributed by atoms with van der Waals surface area (Å²) in [6, 6.07) is 23.7. The number of amides is 2. The van der Waals surface area contributed by atoms with Crippen molar-refractivity contribution in [3.05, 3.63) is 95.8 Å². The molecule has 2 amide bonds. The zero-order chi connectivity index (χ0) is 20.1. The molecule has 29 heavy (non-hydrogen) atoms. The van der Waals surface area contributed by atoms with Crippen LogP contribution >= 0.6 is 0 Å². The van der Waals surface area contributed by atoms with E-state index < -0.39 is 5.92 Å². The molecular formula is C24H23N3O2. The first-order valence-corrected chi connectivity index (χ1v) is 9.83. The largest absolute Gasteiger partial charge is 0.350 e. The molecule has 5 nitrogen and oxygen atoms in total. The zero-order valence-corrected chi connectivity index (χ0v) is 16.1. The third kappa shape index (κ3) is 4.35. The van der Waals surface area contributed by atoms with Crippen LogP contribution < -0.4 is 10.2 Å². The number of aromatic nitrogens is 1. The summed E-state index contributed by atoms with van der Waals surface area (Å²) in [6.45, 7) is 0.875. The summed E-state index contributed by atoms with van der Waals surface area (Å²) in [5.74, 6) is -1.02. The standard InChI is InChI=1S/C24H23N3O2/c28-23(26-17-20-11-6-7-14-25-20)21-13-15-27(24(21)29)22-12-5-4-10-19(22)16-18-8-2-1-3-9-18/h1-12,14,21H,13,15-17H2,(H,26,28)/t21-/m0/s1. The van der Waals surface area contributed by atoms with Gasteiger partial charge in [0.2, 0.25) is 11.8 Å². The van der Waals surface area contributed by atoms with Gasteiger partial charge in [-0.25, -0.2) is 0 Å². The molecule has 1 aliphatic rings. The Balaban J connectivity index is 1.46. The lowest BCUT2D eigenvalue weighted by Gasteiger charge is -2.20. The van der Waals surface area contributed by atoms with Crippen LogP contribution in [0.3, 0.4) is 0 Å². The number of carbonyl (C=O) groups is 2. The normalized spacial score (nSPS) is 16.1. The van der Waals surface area contributed by atoms with Gasteiger partial charge in [0.15, 0.2) is 0 Å². The van der Waals surface area contributed by atoms with Gasteiger partial charge in [0.1, 0.15) is 5.92 Å². The molecule has 1 fully saturated rings. The summed E-state index contributed by atoms with van der Waals surface area (Å²) in [6.07, 6.45) is 2.96. The van der Waals surface area contributed by atoms with Crippen molar-refractivity contribution in [1.82, 2.24) is 10.3 Å². The first kappa shape index (κ1) is 18.9. The van der Waals surface area contributed by atoms with E-state index >= 15 is 0 Å². The van der Waals surface area contributed by atoms with Gasteiger partial charge in [-0.3, -0.25) is 14.6 Å². The Morgan fingerprint density at radius 1 is 1.00 bits per heavy atom. The summed E-state index contributed by atoms with van der Waals surface area (Å²) in [7, 11) is 0. The fraction of sp³-hybridized carbons (Fsp3) is 0.208. The van der Waals surface area contributed by atoms with Gasteiger partial charge in [-0.05, 0) is 42.2 Å².